The van der Waals surface area contributed by atoms with Crippen LogP contribution in [0, 0.1) is 10.1 Å². The molecule has 0 aromatic heterocycles. The van der Waals surface area contributed by atoms with Gasteiger partial charge < -0.3 is 10.1 Å². The molecule has 6 nitrogen and oxygen atoms in total. The summed E-state index contributed by atoms with van der Waals surface area (Å²) >= 11 is 5.38. The van der Waals surface area contributed by atoms with Crippen molar-refractivity contribution in [2.75, 3.05) is 12.4 Å². The van der Waals surface area contributed by atoms with Crippen LogP contribution in [0.2, 0.25) is 0 Å². The molecule has 1 N–H and O–H groups in total. The number of hydrogen-bond acceptors (Lipinski definition) is 4. The summed E-state index contributed by atoms with van der Waals surface area (Å²) in [5.41, 5.74) is 0.678. The number of alkyl halides is 1. The van der Waals surface area contributed by atoms with Gasteiger partial charge in [0.2, 0.25) is 0 Å². The Bertz CT molecular complexity index is 394. The minimum Gasteiger partial charge on any atom is -0.445 e. The molecule has 1 aromatic carbocycles. The smallest absolute Gasteiger partial charge is 0.407 e. The van der Waals surface area contributed by atoms with Crippen molar-refractivity contribution in [1.29, 1.82) is 0 Å². The van der Waals surface area contributed by atoms with Crippen molar-refractivity contribution in [3.63, 3.8) is 0 Å². The zero-order valence-corrected chi connectivity index (χ0v) is 9.64. The molecular weight excluding hydrogens is 248 g/mol. The number of nitro groups is 1. The SMILES string of the molecule is O=C(NCCCl)OCc1ccc([N+](=O)[O-])cc1. The third kappa shape index (κ3) is 4.69. The number of nitrogens with zero attached hydrogens (tertiary/aromatic N) is 1. The van der Waals surface area contributed by atoms with Crippen LogP contribution in [0.4, 0.5) is 10.5 Å². The molecule has 0 saturated carbocycles. The lowest BCUT2D eigenvalue weighted by Crippen LogP contribution is -2.25. The third-order valence-electron chi connectivity index (χ3n) is 1.88. The van der Waals surface area contributed by atoms with Crippen molar-refractivity contribution in [1.82, 2.24) is 5.32 Å². The van der Waals surface area contributed by atoms with Gasteiger partial charge in [0.05, 0.1) is 4.92 Å². The minimum absolute atomic E-state index is 0.000316. The fraction of sp³-hybridized carbons (Fsp3) is 0.300. The maximum Gasteiger partial charge on any atom is 0.407 e. The van der Waals surface area contributed by atoms with Gasteiger partial charge in [0.1, 0.15) is 6.61 Å². The predicted octanol–water partition coefficient (Wildman–Crippen LogP) is 2.06. The second kappa shape index (κ2) is 6.70. The van der Waals surface area contributed by atoms with E-state index in [0.717, 1.165) is 0 Å². The average Bonchev–Trinajstić information content (AvgIpc) is 2.34. The van der Waals surface area contributed by atoms with Crippen molar-refractivity contribution in [2.45, 2.75) is 6.61 Å². The van der Waals surface area contributed by atoms with Crippen molar-refractivity contribution in [2.24, 2.45) is 0 Å². The van der Waals surface area contributed by atoms with E-state index in [4.69, 9.17) is 16.3 Å². The Morgan fingerprint density at radius 2 is 2.06 bits per heavy atom. The van der Waals surface area contributed by atoms with Crippen molar-refractivity contribution in [3.05, 3.63) is 39.9 Å². The highest BCUT2D eigenvalue weighted by Gasteiger charge is 2.05. The second-order valence-corrected chi connectivity index (χ2v) is 3.49. The standard InChI is InChI=1S/C10H11ClN2O4/c11-5-6-12-10(14)17-7-8-1-3-9(4-2-8)13(15)16/h1-4H,5-7H2,(H,12,14). The van der Waals surface area contributed by atoms with Gasteiger partial charge in [-0.15, -0.1) is 11.6 Å². The monoisotopic (exact) mass is 258 g/mol. The molecule has 1 aromatic rings. The van der Waals surface area contributed by atoms with E-state index < -0.39 is 11.0 Å². The van der Waals surface area contributed by atoms with Crippen molar-refractivity contribution < 1.29 is 14.5 Å². The molecule has 0 bridgehead atoms. The quantitative estimate of drug-likeness (QED) is 0.498. The number of ether oxygens (including phenoxy) is 1. The summed E-state index contributed by atoms with van der Waals surface area (Å²) in [6.07, 6.45) is -0.566. The van der Waals surface area contributed by atoms with Crippen LogP contribution in [-0.4, -0.2) is 23.4 Å². The van der Waals surface area contributed by atoms with Crippen LogP contribution in [0.1, 0.15) is 5.56 Å². The number of benzene rings is 1. The largest absolute Gasteiger partial charge is 0.445 e. The Morgan fingerprint density at radius 3 is 2.59 bits per heavy atom. The van der Waals surface area contributed by atoms with Gasteiger partial charge in [-0.2, -0.15) is 0 Å². The number of hydrogen-bond donors (Lipinski definition) is 1. The van der Waals surface area contributed by atoms with E-state index in [2.05, 4.69) is 5.32 Å². The van der Waals surface area contributed by atoms with Gasteiger partial charge in [-0.1, -0.05) is 0 Å². The molecule has 0 unspecified atom stereocenters. The van der Waals surface area contributed by atoms with E-state index >= 15 is 0 Å². The van der Waals surface area contributed by atoms with E-state index in [9.17, 15) is 14.9 Å². The summed E-state index contributed by atoms with van der Waals surface area (Å²) < 4.78 is 4.85. The van der Waals surface area contributed by atoms with Gasteiger partial charge in [-0.25, -0.2) is 4.79 Å². The number of rotatable bonds is 5. The number of nitrogens with one attached hydrogen (secondary N) is 1. The lowest BCUT2D eigenvalue weighted by Gasteiger charge is -2.05. The molecule has 17 heavy (non-hydrogen) atoms. The highest BCUT2D eigenvalue weighted by atomic mass is 35.5. The molecule has 0 aliphatic carbocycles. The first-order valence-corrected chi connectivity index (χ1v) is 5.37. The van der Waals surface area contributed by atoms with Gasteiger partial charge in [-0.3, -0.25) is 10.1 Å². The third-order valence-corrected chi connectivity index (χ3v) is 2.07. The molecule has 0 spiro atoms. The molecule has 0 radical (unpaired) electrons. The normalized spacial score (nSPS) is 9.71. The lowest BCUT2D eigenvalue weighted by atomic mass is 10.2. The summed E-state index contributed by atoms with van der Waals surface area (Å²) in [5, 5.41) is 12.8. The van der Waals surface area contributed by atoms with Crippen LogP contribution < -0.4 is 5.32 Å². The van der Waals surface area contributed by atoms with Gasteiger partial charge >= 0.3 is 6.09 Å². The number of halogens is 1. The Balaban J connectivity index is 2.42. The molecule has 0 aliphatic heterocycles. The molecule has 92 valence electrons. The van der Waals surface area contributed by atoms with E-state index in [0.29, 0.717) is 18.0 Å². The first-order chi connectivity index (χ1) is 8.13. The van der Waals surface area contributed by atoms with Gasteiger partial charge in [0, 0.05) is 24.6 Å². The molecule has 0 fully saturated rings. The number of non-ortho nitro benzene ring substituents is 1. The molecule has 0 saturated heterocycles. The van der Waals surface area contributed by atoms with Crippen LogP contribution >= 0.6 is 11.6 Å². The molecule has 1 rings (SSSR count). The zero-order chi connectivity index (χ0) is 12.7. The van der Waals surface area contributed by atoms with E-state index in [1.807, 2.05) is 0 Å². The molecule has 7 heteroatoms. The van der Waals surface area contributed by atoms with Crippen LogP contribution in [-0.2, 0) is 11.3 Å². The lowest BCUT2D eigenvalue weighted by molar-refractivity contribution is -0.384. The number of nitro benzene ring substituents is 1. The Hall–Kier alpha value is -1.82. The number of carbonyl (C=O) groups excluding carboxylic acids is 1. The van der Waals surface area contributed by atoms with Crippen LogP contribution in [0.3, 0.4) is 0 Å². The van der Waals surface area contributed by atoms with Crippen LogP contribution in [0.15, 0.2) is 24.3 Å². The molecular formula is C10H11ClN2O4. The van der Waals surface area contributed by atoms with Gasteiger partial charge in [0.25, 0.3) is 5.69 Å². The summed E-state index contributed by atoms with van der Waals surface area (Å²) in [6.45, 7) is 0.396. The van der Waals surface area contributed by atoms with E-state index in [-0.39, 0.29) is 12.3 Å². The Kier molecular flexibility index (Phi) is 5.22. The molecule has 0 atom stereocenters. The Labute approximate surface area is 103 Å². The van der Waals surface area contributed by atoms with Crippen molar-refractivity contribution >= 4 is 23.4 Å². The topological polar surface area (TPSA) is 81.5 Å². The molecule has 0 aliphatic rings. The fourth-order valence-corrected chi connectivity index (χ4v) is 1.16. The Morgan fingerprint density at radius 1 is 1.41 bits per heavy atom. The number of alkyl carbamates (subject to hydrolysis) is 1. The summed E-state index contributed by atoms with van der Waals surface area (Å²) in [6, 6.07) is 5.78. The minimum atomic E-state index is -0.566. The van der Waals surface area contributed by atoms with E-state index in [1.165, 1.54) is 24.3 Å². The summed E-state index contributed by atoms with van der Waals surface area (Å²) in [4.78, 5) is 21.0. The number of carbonyl (C=O) groups is 1. The highest BCUT2D eigenvalue weighted by molar-refractivity contribution is 6.18. The van der Waals surface area contributed by atoms with Crippen LogP contribution in [0.25, 0.3) is 0 Å². The highest BCUT2D eigenvalue weighted by Crippen LogP contribution is 2.12. The van der Waals surface area contributed by atoms with Crippen LogP contribution in [0.5, 0.6) is 0 Å². The zero-order valence-electron chi connectivity index (χ0n) is 8.89. The fourth-order valence-electron chi connectivity index (χ4n) is 1.06. The molecule has 1 amide bonds. The summed E-state index contributed by atoms with van der Waals surface area (Å²) in [7, 11) is 0. The first-order valence-electron chi connectivity index (χ1n) is 4.83. The first kappa shape index (κ1) is 13.2. The predicted molar refractivity (Wildman–Crippen MR) is 62.0 cm³/mol. The van der Waals surface area contributed by atoms with Crippen molar-refractivity contribution in [3.8, 4) is 0 Å². The maximum atomic E-state index is 11.1. The maximum absolute atomic E-state index is 11.1. The van der Waals surface area contributed by atoms with Gasteiger partial charge in [-0.05, 0) is 17.7 Å². The summed E-state index contributed by atoms with van der Waals surface area (Å²) in [5.74, 6) is 0.312. The number of amides is 1. The van der Waals surface area contributed by atoms with Gasteiger partial charge in [0.15, 0.2) is 0 Å². The van der Waals surface area contributed by atoms with E-state index in [1.54, 1.807) is 0 Å². The molecule has 0 heterocycles. The average molecular weight is 259 g/mol. The second-order valence-electron chi connectivity index (χ2n) is 3.12.